The van der Waals surface area contributed by atoms with Crippen LogP contribution in [0.2, 0.25) is 0 Å². The summed E-state index contributed by atoms with van der Waals surface area (Å²) in [6, 6.07) is 14.6. The van der Waals surface area contributed by atoms with Crippen LogP contribution in [0.5, 0.6) is 11.5 Å². The first kappa shape index (κ1) is 36.7. The number of nitrogens with one attached hydrogen (secondary N) is 1. The van der Waals surface area contributed by atoms with Crippen molar-refractivity contribution in [1.29, 1.82) is 0 Å². The highest BCUT2D eigenvalue weighted by molar-refractivity contribution is 5.98. The summed E-state index contributed by atoms with van der Waals surface area (Å²) >= 11 is 0. The van der Waals surface area contributed by atoms with Gasteiger partial charge in [0, 0.05) is 34.4 Å². The van der Waals surface area contributed by atoms with Crippen molar-refractivity contribution < 1.29 is 31.9 Å². The van der Waals surface area contributed by atoms with Gasteiger partial charge in [-0.1, -0.05) is 70.4 Å². The zero-order valence-electron chi connectivity index (χ0n) is 28.4. The predicted octanol–water partition coefficient (Wildman–Crippen LogP) is 9.11. The van der Waals surface area contributed by atoms with Gasteiger partial charge >= 0.3 is 6.18 Å². The molecule has 1 heterocycles. The van der Waals surface area contributed by atoms with Crippen molar-refractivity contribution in [3.05, 3.63) is 106 Å². The molecule has 1 fully saturated rings. The summed E-state index contributed by atoms with van der Waals surface area (Å²) in [6.07, 6.45) is 8.64. The number of benzene rings is 3. The van der Waals surface area contributed by atoms with Gasteiger partial charge in [-0.2, -0.15) is 13.2 Å². The molecule has 0 radical (unpaired) electrons. The second kappa shape index (κ2) is 16.5. The molecule has 0 bridgehead atoms. The van der Waals surface area contributed by atoms with Crippen LogP contribution < -0.4 is 20.6 Å². The maximum Gasteiger partial charge on any atom is 0.405 e. The zero-order chi connectivity index (χ0) is 35.8. The summed E-state index contributed by atoms with van der Waals surface area (Å²) in [5.41, 5.74) is 1.88. The molecule has 264 valence electrons. The number of ketones is 1. The van der Waals surface area contributed by atoms with E-state index in [-0.39, 0.29) is 34.9 Å². The highest BCUT2D eigenvalue weighted by Crippen LogP contribution is 2.35. The van der Waals surface area contributed by atoms with Gasteiger partial charge in [-0.3, -0.25) is 14.6 Å². The fraction of sp³-hybridized carbons (Fsp3) is 0.390. The lowest BCUT2D eigenvalue weighted by Gasteiger charge is -2.29. The molecule has 50 heavy (non-hydrogen) atoms. The molecule has 3 aromatic rings. The highest BCUT2D eigenvalue weighted by atomic mass is 19.4. The van der Waals surface area contributed by atoms with Crippen LogP contribution in [0.4, 0.5) is 17.6 Å². The number of alkyl halides is 3. The molecule has 1 N–H and O–H groups in total. The minimum atomic E-state index is -4.49. The van der Waals surface area contributed by atoms with Gasteiger partial charge in [0.1, 0.15) is 23.9 Å². The van der Waals surface area contributed by atoms with E-state index in [4.69, 9.17) is 9.73 Å². The van der Waals surface area contributed by atoms with Crippen molar-refractivity contribution in [3.8, 4) is 11.5 Å². The quantitative estimate of drug-likeness (QED) is 0.153. The number of hydrogen-bond acceptors (Lipinski definition) is 4. The number of Topliss-reactive ketones (excluding diaryl/α,β-unsaturated/α-hetero) is 1. The number of carbonyl (C=O) groups is 2. The maximum atomic E-state index is 13.6. The second-order valence-electron chi connectivity index (χ2n) is 13.5. The fourth-order valence-corrected chi connectivity index (χ4v) is 7.21. The van der Waals surface area contributed by atoms with Gasteiger partial charge < -0.3 is 10.1 Å². The molecule has 5 rings (SSSR count). The molecule has 3 aromatic carbocycles. The number of nitrogens with zero attached hydrogens (tertiary/aromatic N) is 1. The van der Waals surface area contributed by atoms with E-state index in [0.29, 0.717) is 40.7 Å². The van der Waals surface area contributed by atoms with Gasteiger partial charge in [0.25, 0.3) is 5.91 Å². The summed E-state index contributed by atoms with van der Waals surface area (Å²) in [6.45, 7) is 8.95. The summed E-state index contributed by atoms with van der Waals surface area (Å²) in [7, 11) is 0. The van der Waals surface area contributed by atoms with E-state index in [0.717, 1.165) is 61.9 Å². The smallest absolute Gasteiger partial charge is 0.405 e. The summed E-state index contributed by atoms with van der Waals surface area (Å²) < 4.78 is 57.5. The first-order valence-electron chi connectivity index (χ1n) is 17.4. The number of rotatable bonds is 12. The largest absolute Gasteiger partial charge is 0.457 e. The van der Waals surface area contributed by atoms with E-state index < -0.39 is 18.6 Å². The molecular weight excluding hydrogens is 644 g/mol. The van der Waals surface area contributed by atoms with Crippen LogP contribution in [0.1, 0.15) is 90.1 Å². The van der Waals surface area contributed by atoms with E-state index >= 15 is 0 Å². The van der Waals surface area contributed by atoms with Crippen molar-refractivity contribution >= 4 is 29.9 Å². The summed E-state index contributed by atoms with van der Waals surface area (Å²) in [4.78, 5) is 30.9. The van der Waals surface area contributed by atoms with E-state index in [1.807, 2.05) is 5.32 Å². The van der Waals surface area contributed by atoms with E-state index in [2.05, 4.69) is 26.2 Å². The molecule has 4 unspecified atom stereocenters. The predicted molar refractivity (Wildman–Crippen MR) is 189 cm³/mol. The van der Waals surface area contributed by atoms with Crippen LogP contribution >= 0.6 is 0 Å². The highest BCUT2D eigenvalue weighted by Gasteiger charge is 2.30. The molecule has 9 heteroatoms. The minimum Gasteiger partial charge on any atom is -0.457 e. The average molecular weight is 689 g/mol. The fourth-order valence-electron chi connectivity index (χ4n) is 7.21. The Morgan fingerprint density at radius 2 is 1.76 bits per heavy atom. The third-order valence-electron chi connectivity index (χ3n) is 9.99. The van der Waals surface area contributed by atoms with Crippen LogP contribution in [0.15, 0.2) is 72.7 Å². The lowest BCUT2D eigenvalue weighted by atomic mass is 9.75. The molecule has 1 amide bonds. The Hall–Kier alpha value is -4.53. The average Bonchev–Trinajstić information content (AvgIpc) is 3.09. The number of ether oxygens (including phenoxy) is 1. The van der Waals surface area contributed by atoms with Gasteiger partial charge in [0.05, 0.1) is 5.36 Å². The molecule has 2 aliphatic rings. The Labute approximate surface area is 290 Å². The Kier molecular flexibility index (Phi) is 12.1. The third kappa shape index (κ3) is 9.37. The van der Waals surface area contributed by atoms with Crippen molar-refractivity contribution in [3.63, 3.8) is 0 Å². The molecular formula is C41H44F4N2O3. The van der Waals surface area contributed by atoms with E-state index in [1.165, 1.54) is 30.4 Å². The Morgan fingerprint density at radius 3 is 2.48 bits per heavy atom. The number of fused-ring (bicyclic) bond motifs is 1. The van der Waals surface area contributed by atoms with Crippen LogP contribution in [0, 0.1) is 29.5 Å². The molecule has 5 nitrogen and oxygen atoms in total. The number of halogens is 4. The lowest BCUT2D eigenvalue weighted by Crippen LogP contribution is -2.38. The normalized spacial score (nSPS) is 20.6. The van der Waals surface area contributed by atoms with Gasteiger partial charge in [-0.05, 0) is 97.2 Å². The Bertz CT molecular complexity index is 1830. The number of hydrogen-bond donors (Lipinski definition) is 1. The lowest BCUT2D eigenvalue weighted by molar-refractivity contribution is -0.123. The summed E-state index contributed by atoms with van der Waals surface area (Å²) in [5.74, 6) is 1.04. The Morgan fingerprint density at radius 1 is 0.980 bits per heavy atom. The SMILES string of the molecule is C=Cc1cc(F)ccc1Oc1ccc(C(=O)C2CCCC(CCCC3C=c4c(C=C)c(C(=O)NCC(F)(F)F)ccc4=NC3)CCC2C)cc1. The van der Waals surface area contributed by atoms with Gasteiger partial charge in [-0.15, -0.1) is 0 Å². The first-order valence-corrected chi connectivity index (χ1v) is 17.4. The number of amides is 1. The van der Waals surface area contributed by atoms with Crippen LogP contribution in [0.25, 0.3) is 18.2 Å². The van der Waals surface area contributed by atoms with Crippen LogP contribution in [-0.2, 0) is 0 Å². The Balaban J connectivity index is 1.13. The standard InChI is InChI=1S/C41H44F4N2O3/c1-4-29-23-31(42)16-21-38(29)50-32-17-14-30(15-18-32)39(48)34-11-7-9-27(13-12-26(34)3)8-6-10-28-22-36-33(5-2)35(19-20-37(36)46-24-28)40(49)47-25-41(43,44)45/h4-5,14-23,26-28,34H,1-2,6-13,24-25H2,3H3,(H,47,49). The zero-order valence-corrected chi connectivity index (χ0v) is 28.4. The molecule has 0 aromatic heterocycles. The van der Waals surface area contributed by atoms with Gasteiger partial charge in [0.2, 0.25) is 0 Å². The molecule has 1 saturated carbocycles. The molecule has 0 saturated heterocycles. The molecule has 4 atom stereocenters. The second-order valence-corrected chi connectivity index (χ2v) is 13.5. The topological polar surface area (TPSA) is 67.8 Å². The van der Waals surface area contributed by atoms with E-state index in [9.17, 15) is 27.2 Å². The molecule has 0 spiro atoms. The number of carbonyl (C=O) groups excluding carboxylic acids is 2. The maximum absolute atomic E-state index is 13.6. The third-order valence-corrected chi connectivity index (χ3v) is 9.99. The van der Waals surface area contributed by atoms with Gasteiger partial charge in [0.15, 0.2) is 5.78 Å². The van der Waals surface area contributed by atoms with Gasteiger partial charge in [-0.25, -0.2) is 4.39 Å². The van der Waals surface area contributed by atoms with Crippen LogP contribution in [0.3, 0.4) is 0 Å². The van der Waals surface area contributed by atoms with Crippen molar-refractivity contribution in [2.45, 2.75) is 64.5 Å². The van der Waals surface area contributed by atoms with Crippen molar-refractivity contribution in [2.24, 2.45) is 28.7 Å². The summed E-state index contributed by atoms with van der Waals surface area (Å²) in [5, 5.41) is 3.43. The van der Waals surface area contributed by atoms with E-state index in [1.54, 1.807) is 36.4 Å². The van der Waals surface area contributed by atoms with Crippen molar-refractivity contribution in [1.82, 2.24) is 5.32 Å². The first-order chi connectivity index (χ1) is 24.0. The molecule has 1 aliphatic heterocycles. The van der Waals surface area contributed by atoms with Crippen molar-refractivity contribution in [2.75, 3.05) is 13.1 Å². The van der Waals surface area contributed by atoms with Crippen LogP contribution in [-0.4, -0.2) is 31.0 Å². The molecule has 1 aliphatic carbocycles. The monoisotopic (exact) mass is 688 g/mol. The minimum absolute atomic E-state index is 0.0369.